The van der Waals surface area contributed by atoms with Gasteiger partial charge in [-0.3, -0.25) is 4.79 Å². The number of hydrogen-bond acceptors (Lipinski definition) is 4. The third-order valence-corrected chi connectivity index (χ3v) is 4.42. The molecule has 19 heavy (non-hydrogen) atoms. The van der Waals surface area contributed by atoms with Crippen molar-refractivity contribution in [2.75, 3.05) is 10.6 Å². The van der Waals surface area contributed by atoms with Crippen molar-refractivity contribution in [1.29, 1.82) is 0 Å². The molecule has 2 bridgehead atoms. The minimum Gasteiger partial charge on any atom is -0.398 e. The van der Waals surface area contributed by atoms with E-state index >= 15 is 0 Å². The Labute approximate surface area is 113 Å². The number of piperidine rings is 1. The molecule has 1 aromatic carbocycles. The monoisotopic (exact) mass is 260 g/mol. The molecule has 0 radical (unpaired) electrons. The Balaban J connectivity index is 1.95. The van der Waals surface area contributed by atoms with Crippen LogP contribution in [0.2, 0.25) is 0 Å². The van der Waals surface area contributed by atoms with Crippen LogP contribution >= 0.6 is 0 Å². The number of nitrogens with zero attached hydrogens (tertiary/aromatic N) is 1. The molecule has 2 heterocycles. The highest BCUT2D eigenvalue weighted by molar-refractivity contribution is 6.00. The van der Waals surface area contributed by atoms with Crippen molar-refractivity contribution in [1.82, 2.24) is 0 Å². The number of hydrogen-bond donors (Lipinski definition) is 2. The van der Waals surface area contributed by atoms with Crippen molar-refractivity contribution < 1.29 is 9.90 Å². The number of aliphatic hydroxyl groups excluding tert-OH is 1. The van der Waals surface area contributed by atoms with E-state index in [1.807, 2.05) is 18.2 Å². The van der Waals surface area contributed by atoms with E-state index in [1.165, 1.54) is 0 Å². The molecule has 4 heteroatoms. The second-order valence-electron chi connectivity index (χ2n) is 5.75. The molecule has 2 saturated heterocycles. The minimum atomic E-state index is -0.171. The lowest BCUT2D eigenvalue weighted by molar-refractivity contribution is 0.101. The largest absolute Gasteiger partial charge is 0.398 e. The van der Waals surface area contributed by atoms with Crippen molar-refractivity contribution in [3.05, 3.63) is 23.8 Å². The Morgan fingerprint density at radius 3 is 2.53 bits per heavy atom. The molecule has 2 atom stereocenters. The van der Waals surface area contributed by atoms with E-state index < -0.39 is 0 Å². The van der Waals surface area contributed by atoms with Crippen molar-refractivity contribution in [3.8, 4) is 0 Å². The minimum absolute atomic E-state index is 0.00346. The summed E-state index contributed by atoms with van der Waals surface area (Å²) in [5.41, 5.74) is 8.06. The first-order valence-corrected chi connectivity index (χ1v) is 6.93. The second kappa shape index (κ2) is 4.53. The maximum Gasteiger partial charge on any atom is 0.161 e. The normalized spacial score (nSPS) is 29.6. The van der Waals surface area contributed by atoms with Crippen LogP contribution in [-0.4, -0.2) is 29.1 Å². The summed E-state index contributed by atoms with van der Waals surface area (Å²) in [6, 6.07) is 6.51. The first kappa shape index (κ1) is 12.5. The number of aliphatic hydroxyl groups is 1. The van der Waals surface area contributed by atoms with Crippen LogP contribution in [-0.2, 0) is 0 Å². The van der Waals surface area contributed by atoms with Gasteiger partial charge in [0.05, 0.1) is 6.10 Å². The van der Waals surface area contributed by atoms with Gasteiger partial charge in [0.25, 0.3) is 0 Å². The lowest BCUT2D eigenvalue weighted by atomic mass is 9.98. The highest BCUT2D eigenvalue weighted by Gasteiger charge is 2.40. The second-order valence-corrected chi connectivity index (χ2v) is 5.75. The van der Waals surface area contributed by atoms with E-state index in [4.69, 9.17) is 5.73 Å². The maximum atomic E-state index is 11.6. The zero-order chi connectivity index (χ0) is 13.6. The molecule has 3 N–H and O–H groups in total. The Hall–Kier alpha value is -1.55. The Morgan fingerprint density at radius 2 is 1.95 bits per heavy atom. The van der Waals surface area contributed by atoms with Crippen molar-refractivity contribution in [3.63, 3.8) is 0 Å². The Morgan fingerprint density at radius 1 is 1.32 bits per heavy atom. The van der Waals surface area contributed by atoms with Gasteiger partial charge in [-0.25, -0.2) is 0 Å². The summed E-state index contributed by atoms with van der Waals surface area (Å²) in [4.78, 5) is 14.0. The zero-order valence-electron chi connectivity index (χ0n) is 11.2. The SMILES string of the molecule is CC(=O)c1cc(N2C3CCC2CC(O)C3)ccc1N. The van der Waals surface area contributed by atoms with Gasteiger partial charge in [-0.05, 0) is 50.8 Å². The summed E-state index contributed by atoms with van der Waals surface area (Å²) >= 11 is 0. The van der Waals surface area contributed by atoms with Gasteiger partial charge < -0.3 is 15.7 Å². The Bertz CT molecular complexity index is 501. The first-order chi connectivity index (χ1) is 9.06. The number of anilines is 2. The molecule has 0 spiro atoms. The Kier molecular flexibility index (Phi) is 2.97. The van der Waals surface area contributed by atoms with Crippen molar-refractivity contribution in [2.45, 2.75) is 50.8 Å². The number of carbonyl (C=O) groups is 1. The molecule has 0 saturated carbocycles. The molecule has 3 rings (SSSR count). The van der Waals surface area contributed by atoms with Gasteiger partial charge in [0.15, 0.2) is 5.78 Å². The standard InChI is InChI=1S/C15H20N2O2/c1-9(18)14-8-12(4-5-15(14)16)17-10-2-3-11(17)7-13(19)6-10/h4-5,8,10-11,13,19H,2-3,6-7,16H2,1H3. The molecule has 102 valence electrons. The summed E-state index contributed by atoms with van der Waals surface area (Å²) in [7, 11) is 0. The molecule has 2 fully saturated rings. The summed E-state index contributed by atoms with van der Waals surface area (Å²) in [5, 5.41) is 9.84. The van der Waals surface area contributed by atoms with E-state index in [2.05, 4.69) is 4.90 Å². The highest BCUT2D eigenvalue weighted by atomic mass is 16.3. The first-order valence-electron chi connectivity index (χ1n) is 6.93. The van der Waals surface area contributed by atoms with Gasteiger partial charge in [-0.1, -0.05) is 0 Å². The van der Waals surface area contributed by atoms with Crippen LogP contribution in [0.4, 0.5) is 11.4 Å². The predicted molar refractivity (Wildman–Crippen MR) is 75.4 cm³/mol. The molecule has 1 aromatic rings. The lowest BCUT2D eigenvalue weighted by Gasteiger charge is -2.39. The summed E-state index contributed by atoms with van der Waals surface area (Å²) < 4.78 is 0. The van der Waals surface area contributed by atoms with Crippen LogP contribution in [0.25, 0.3) is 0 Å². The summed E-state index contributed by atoms with van der Waals surface area (Å²) in [5.74, 6) is 0.00346. The fourth-order valence-electron chi connectivity index (χ4n) is 3.58. The average Bonchev–Trinajstić information content (AvgIpc) is 2.63. The number of nitrogens with two attached hydrogens (primary N) is 1. The third-order valence-electron chi connectivity index (χ3n) is 4.42. The van der Waals surface area contributed by atoms with E-state index in [1.54, 1.807) is 6.92 Å². The van der Waals surface area contributed by atoms with E-state index in [9.17, 15) is 9.90 Å². The molecule has 2 aliphatic heterocycles. The molecule has 4 nitrogen and oxygen atoms in total. The zero-order valence-corrected chi connectivity index (χ0v) is 11.2. The highest BCUT2D eigenvalue weighted by Crippen LogP contribution is 2.40. The predicted octanol–water partition coefficient (Wildman–Crippen LogP) is 1.96. The number of rotatable bonds is 2. The summed E-state index contributed by atoms with van der Waals surface area (Å²) in [6.07, 6.45) is 3.74. The van der Waals surface area contributed by atoms with Gasteiger partial charge in [0.1, 0.15) is 0 Å². The van der Waals surface area contributed by atoms with Crippen molar-refractivity contribution in [2.24, 2.45) is 0 Å². The number of carbonyl (C=O) groups excluding carboxylic acids is 1. The van der Waals surface area contributed by atoms with Gasteiger partial charge >= 0.3 is 0 Å². The fourth-order valence-corrected chi connectivity index (χ4v) is 3.58. The summed E-state index contributed by atoms with van der Waals surface area (Å²) in [6.45, 7) is 1.55. The molecular formula is C15H20N2O2. The maximum absolute atomic E-state index is 11.6. The number of nitrogen functional groups attached to an aromatic ring is 1. The molecule has 2 unspecified atom stereocenters. The van der Waals surface area contributed by atoms with E-state index in [0.29, 0.717) is 23.3 Å². The number of fused-ring (bicyclic) bond motifs is 2. The lowest BCUT2D eigenvalue weighted by Crippen LogP contribution is -2.44. The van der Waals surface area contributed by atoms with Crippen LogP contribution in [0.1, 0.15) is 43.0 Å². The quantitative estimate of drug-likeness (QED) is 0.630. The van der Waals surface area contributed by atoms with Crippen LogP contribution in [0.5, 0.6) is 0 Å². The van der Waals surface area contributed by atoms with Crippen LogP contribution in [0, 0.1) is 0 Å². The fraction of sp³-hybridized carbons (Fsp3) is 0.533. The molecule has 0 aromatic heterocycles. The van der Waals surface area contributed by atoms with E-state index in [0.717, 1.165) is 31.4 Å². The smallest absolute Gasteiger partial charge is 0.161 e. The topological polar surface area (TPSA) is 66.6 Å². The number of ketones is 1. The third kappa shape index (κ3) is 2.10. The average molecular weight is 260 g/mol. The van der Waals surface area contributed by atoms with E-state index in [-0.39, 0.29) is 11.9 Å². The van der Waals surface area contributed by atoms with Gasteiger partial charge in [0.2, 0.25) is 0 Å². The number of Topliss-reactive ketones (excluding diaryl/α,β-unsaturated/α-hetero) is 1. The van der Waals surface area contributed by atoms with Crippen molar-refractivity contribution >= 4 is 17.2 Å². The van der Waals surface area contributed by atoms with Crippen LogP contribution in [0.15, 0.2) is 18.2 Å². The number of benzene rings is 1. The molecule has 2 aliphatic rings. The molecule has 0 amide bonds. The van der Waals surface area contributed by atoms with Gasteiger partial charge in [-0.2, -0.15) is 0 Å². The van der Waals surface area contributed by atoms with Gasteiger partial charge in [-0.15, -0.1) is 0 Å². The van der Waals surface area contributed by atoms with Crippen LogP contribution < -0.4 is 10.6 Å². The van der Waals surface area contributed by atoms with Crippen LogP contribution in [0.3, 0.4) is 0 Å². The molecule has 0 aliphatic carbocycles. The molecular weight excluding hydrogens is 240 g/mol. The van der Waals surface area contributed by atoms with Gasteiger partial charge in [0, 0.05) is 29.0 Å².